The highest BCUT2D eigenvalue weighted by atomic mass is 16.5. The number of rotatable bonds is 6. The second-order valence-electron chi connectivity index (χ2n) is 12.3. The summed E-state index contributed by atoms with van der Waals surface area (Å²) in [5, 5.41) is 11.8. The topological polar surface area (TPSA) is 63.6 Å². The Hall–Kier alpha value is -0.900. The largest absolute Gasteiger partial charge is 0.466 e. The summed E-state index contributed by atoms with van der Waals surface area (Å²) in [6, 6.07) is 0. The molecule has 0 saturated heterocycles. The highest BCUT2D eigenvalue weighted by Gasteiger charge is 2.64. The first-order valence-electron chi connectivity index (χ1n) is 13.5. The number of ketones is 1. The van der Waals surface area contributed by atoms with E-state index in [4.69, 9.17) is 4.74 Å². The average Bonchev–Trinajstić information content (AvgIpc) is 3.11. The van der Waals surface area contributed by atoms with Gasteiger partial charge < -0.3 is 9.84 Å². The number of carbonyl (C=O) groups is 2. The zero-order chi connectivity index (χ0) is 23.3. The SMILES string of the molecule is CCOC(=O)CC[C@@H](C)[C@H]1CC[C@H]2[C@@H]3[C@H](O)[C@H](CC)[C@@H]4CC(=O)CC[C@]4(C)[C@H]3CC[C@]12C. The molecule has 4 heteroatoms. The van der Waals surface area contributed by atoms with E-state index in [1.165, 1.54) is 25.7 Å². The molecule has 4 aliphatic carbocycles. The lowest BCUT2D eigenvalue weighted by atomic mass is 9.41. The third kappa shape index (κ3) is 3.77. The van der Waals surface area contributed by atoms with Crippen LogP contribution in [-0.4, -0.2) is 29.6 Å². The molecular weight excluding hydrogens is 400 g/mol. The Morgan fingerprint density at radius 1 is 1.09 bits per heavy atom. The summed E-state index contributed by atoms with van der Waals surface area (Å²) in [6.45, 7) is 11.8. The summed E-state index contributed by atoms with van der Waals surface area (Å²) in [7, 11) is 0. The highest BCUT2D eigenvalue weighted by Crippen LogP contribution is 2.69. The number of carbonyl (C=O) groups excluding carboxylic acids is 2. The minimum atomic E-state index is -0.271. The van der Waals surface area contributed by atoms with Crippen LogP contribution in [-0.2, 0) is 14.3 Å². The normalized spacial score (nSPS) is 46.7. The van der Waals surface area contributed by atoms with Gasteiger partial charge in [-0.25, -0.2) is 0 Å². The molecule has 0 spiro atoms. The molecule has 0 aromatic carbocycles. The minimum absolute atomic E-state index is 0.0675. The van der Waals surface area contributed by atoms with Crippen molar-refractivity contribution in [3.63, 3.8) is 0 Å². The Bertz CT molecular complexity index is 718. The Morgan fingerprint density at radius 2 is 1.81 bits per heavy atom. The van der Waals surface area contributed by atoms with Crippen LogP contribution < -0.4 is 0 Å². The molecule has 32 heavy (non-hydrogen) atoms. The van der Waals surface area contributed by atoms with Crippen molar-refractivity contribution in [3.05, 3.63) is 0 Å². The monoisotopic (exact) mass is 446 g/mol. The molecule has 0 aromatic rings. The van der Waals surface area contributed by atoms with Gasteiger partial charge in [-0.2, -0.15) is 0 Å². The van der Waals surface area contributed by atoms with E-state index < -0.39 is 0 Å². The van der Waals surface area contributed by atoms with Gasteiger partial charge in [-0.15, -0.1) is 0 Å². The fourth-order valence-corrected chi connectivity index (χ4v) is 9.52. The first kappa shape index (κ1) is 24.2. The molecule has 4 saturated carbocycles. The maximum atomic E-state index is 12.4. The zero-order valence-corrected chi connectivity index (χ0v) is 21.1. The van der Waals surface area contributed by atoms with Crippen LogP contribution in [0.4, 0.5) is 0 Å². The van der Waals surface area contributed by atoms with Crippen molar-refractivity contribution in [2.75, 3.05) is 6.61 Å². The van der Waals surface area contributed by atoms with E-state index in [2.05, 4.69) is 27.7 Å². The average molecular weight is 447 g/mol. The Kier molecular flexibility index (Phi) is 6.85. The molecule has 0 unspecified atom stereocenters. The van der Waals surface area contributed by atoms with Crippen LogP contribution in [0.25, 0.3) is 0 Å². The lowest BCUT2D eigenvalue weighted by Gasteiger charge is -2.64. The van der Waals surface area contributed by atoms with Crippen molar-refractivity contribution in [1.82, 2.24) is 0 Å². The quantitative estimate of drug-likeness (QED) is 0.524. The number of ether oxygens (including phenoxy) is 1. The van der Waals surface area contributed by atoms with Gasteiger partial charge in [0.1, 0.15) is 5.78 Å². The molecule has 0 bridgehead atoms. The number of esters is 1. The molecule has 0 aromatic heterocycles. The second kappa shape index (κ2) is 9.04. The fraction of sp³-hybridized carbons (Fsp3) is 0.929. The third-order valence-electron chi connectivity index (χ3n) is 11.1. The van der Waals surface area contributed by atoms with E-state index in [0.717, 1.165) is 25.7 Å². The van der Waals surface area contributed by atoms with Crippen molar-refractivity contribution in [3.8, 4) is 0 Å². The number of fused-ring (bicyclic) bond motifs is 5. The van der Waals surface area contributed by atoms with Crippen LogP contribution in [0, 0.1) is 52.3 Å². The van der Waals surface area contributed by atoms with Crippen molar-refractivity contribution < 1.29 is 19.4 Å². The first-order valence-corrected chi connectivity index (χ1v) is 13.5. The van der Waals surface area contributed by atoms with Gasteiger partial charge >= 0.3 is 5.97 Å². The summed E-state index contributed by atoms with van der Waals surface area (Å²) in [5.41, 5.74) is 0.454. The smallest absolute Gasteiger partial charge is 0.305 e. The van der Waals surface area contributed by atoms with Crippen molar-refractivity contribution >= 4 is 11.8 Å². The van der Waals surface area contributed by atoms with Crippen LogP contribution >= 0.6 is 0 Å². The van der Waals surface area contributed by atoms with Crippen molar-refractivity contribution in [2.24, 2.45) is 52.3 Å². The van der Waals surface area contributed by atoms with Crippen LogP contribution in [0.5, 0.6) is 0 Å². The Morgan fingerprint density at radius 3 is 2.50 bits per heavy atom. The van der Waals surface area contributed by atoms with Gasteiger partial charge in [0.05, 0.1) is 12.7 Å². The van der Waals surface area contributed by atoms with Crippen molar-refractivity contribution in [1.29, 1.82) is 0 Å². The van der Waals surface area contributed by atoms with Gasteiger partial charge in [0.25, 0.3) is 0 Å². The maximum absolute atomic E-state index is 12.4. The van der Waals surface area contributed by atoms with Gasteiger partial charge in [0.15, 0.2) is 0 Å². The minimum Gasteiger partial charge on any atom is -0.466 e. The number of hydrogen-bond donors (Lipinski definition) is 1. The second-order valence-corrected chi connectivity index (χ2v) is 12.3. The summed E-state index contributed by atoms with van der Waals surface area (Å²) in [6.07, 6.45) is 9.41. The molecule has 182 valence electrons. The molecule has 1 N–H and O–H groups in total. The maximum Gasteiger partial charge on any atom is 0.305 e. The van der Waals surface area contributed by atoms with Crippen LogP contribution in [0.1, 0.15) is 98.8 Å². The summed E-state index contributed by atoms with van der Waals surface area (Å²) >= 11 is 0. The molecular formula is C28H46O4. The fourth-order valence-electron chi connectivity index (χ4n) is 9.52. The number of Topliss-reactive ketones (excluding diaryl/α,β-unsaturated/α-hetero) is 1. The van der Waals surface area contributed by atoms with Gasteiger partial charge in [-0.1, -0.05) is 34.1 Å². The van der Waals surface area contributed by atoms with Crippen molar-refractivity contribution in [2.45, 2.75) is 105 Å². The van der Waals surface area contributed by atoms with Gasteiger partial charge in [-0.05, 0) is 97.7 Å². The molecule has 4 fully saturated rings. The van der Waals surface area contributed by atoms with Gasteiger partial charge in [-0.3, -0.25) is 9.59 Å². The highest BCUT2D eigenvalue weighted by molar-refractivity contribution is 5.79. The summed E-state index contributed by atoms with van der Waals surface area (Å²) in [4.78, 5) is 24.3. The molecule has 0 amide bonds. The number of aliphatic hydroxyl groups excluding tert-OH is 1. The standard InChI is InChI=1S/C28H46O4/c1-6-19-23-16-18(29)12-14-28(23,5)22-13-15-27(4)20(9-10-21(27)25(22)26(19)31)17(3)8-11-24(30)32-7-2/h17,19-23,25-26,31H,6-16H2,1-5H3/t17-,19-,20-,21+,22+,23+,25+,26-,27-,28-/m1/s1. The van der Waals surface area contributed by atoms with Crippen LogP contribution in [0.3, 0.4) is 0 Å². The Balaban J connectivity index is 1.56. The molecule has 4 aliphatic rings. The molecule has 4 rings (SSSR count). The Labute approximate surface area is 195 Å². The zero-order valence-electron chi connectivity index (χ0n) is 21.1. The van der Waals surface area contributed by atoms with E-state index >= 15 is 0 Å². The van der Waals surface area contributed by atoms with E-state index in [9.17, 15) is 14.7 Å². The van der Waals surface area contributed by atoms with E-state index in [1.807, 2.05) is 6.92 Å². The number of aliphatic hydroxyl groups is 1. The lowest BCUT2D eigenvalue weighted by molar-refractivity contribution is -0.194. The summed E-state index contributed by atoms with van der Waals surface area (Å²) in [5.74, 6) is 3.56. The molecule has 0 aliphatic heterocycles. The molecule has 0 heterocycles. The first-order chi connectivity index (χ1) is 15.2. The van der Waals surface area contributed by atoms with E-state index in [-0.39, 0.29) is 28.8 Å². The van der Waals surface area contributed by atoms with E-state index in [0.29, 0.717) is 60.7 Å². The molecule has 10 atom stereocenters. The van der Waals surface area contributed by atoms with E-state index in [1.54, 1.807) is 0 Å². The number of hydrogen-bond acceptors (Lipinski definition) is 4. The molecule has 4 nitrogen and oxygen atoms in total. The van der Waals surface area contributed by atoms with Crippen LogP contribution in [0.2, 0.25) is 0 Å². The lowest BCUT2D eigenvalue weighted by Crippen LogP contribution is -2.61. The molecule has 0 radical (unpaired) electrons. The van der Waals surface area contributed by atoms with Crippen LogP contribution in [0.15, 0.2) is 0 Å². The predicted octanol–water partition coefficient (Wildman–Crippen LogP) is 5.80. The van der Waals surface area contributed by atoms with Gasteiger partial charge in [0, 0.05) is 19.3 Å². The predicted molar refractivity (Wildman–Crippen MR) is 126 cm³/mol. The van der Waals surface area contributed by atoms with Gasteiger partial charge in [0.2, 0.25) is 0 Å². The third-order valence-corrected chi connectivity index (χ3v) is 11.1. The summed E-state index contributed by atoms with van der Waals surface area (Å²) < 4.78 is 5.17.